The van der Waals surface area contributed by atoms with Crippen molar-refractivity contribution in [1.82, 2.24) is 9.97 Å². The number of thiocarbonyl (C=S) groups is 1. The first-order valence-electron chi connectivity index (χ1n) is 5.64. The normalized spacial score (nSPS) is 10.4. The molecule has 0 aliphatic carbocycles. The Hall–Kier alpha value is -2.20. The Bertz CT molecular complexity index is 655. The Balaban J connectivity index is 1.86. The standard InChI is InChI=1S/C14H11N3S/c18-13(10-6-2-1-3-7-10)17-14-15-11-8-4-5-9-12(11)16-14/h1-9H,(H2,15,16,17,18). The Morgan fingerprint density at radius 2 is 1.72 bits per heavy atom. The molecule has 3 nitrogen and oxygen atoms in total. The van der Waals surface area contributed by atoms with Crippen LogP contribution < -0.4 is 5.32 Å². The van der Waals surface area contributed by atoms with Gasteiger partial charge in [-0.25, -0.2) is 4.98 Å². The fourth-order valence-electron chi connectivity index (χ4n) is 1.78. The van der Waals surface area contributed by atoms with Crippen molar-refractivity contribution < 1.29 is 0 Å². The summed E-state index contributed by atoms with van der Waals surface area (Å²) in [5, 5.41) is 3.11. The van der Waals surface area contributed by atoms with Crippen molar-refractivity contribution in [3.8, 4) is 0 Å². The minimum Gasteiger partial charge on any atom is -0.324 e. The summed E-state index contributed by atoms with van der Waals surface area (Å²) in [4.78, 5) is 8.27. The molecular formula is C14H11N3S. The predicted octanol–water partition coefficient (Wildman–Crippen LogP) is 3.35. The molecule has 4 heteroatoms. The predicted molar refractivity (Wildman–Crippen MR) is 77.9 cm³/mol. The highest BCUT2D eigenvalue weighted by atomic mass is 32.1. The van der Waals surface area contributed by atoms with Gasteiger partial charge in [-0.2, -0.15) is 0 Å². The number of para-hydroxylation sites is 2. The Labute approximate surface area is 110 Å². The molecule has 3 rings (SSSR count). The zero-order valence-corrected chi connectivity index (χ0v) is 10.4. The van der Waals surface area contributed by atoms with E-state index in [4.69, 9.17) is 12.2 Å². The minimum atomic E-state index is 0.662. The molecule has 0 radical (unpaired) electrons. The van der Waals surface area contributed by atoms with E-state index in [1.165, 1.54) is 0 Å². The SMILES string of the molecule is S=C(Nc1nc2ccccc2[nH]1)c1ccccc1. The highest BCUT2D eigenvalue weighted by Gasteiger charge is 2.05. The van der Waals surface area contributed by atoms with E-state index in [2.05, 4.69) is 15.3 Å². The summed E-state index contributed by atoms with van der Waals surface area (Å²) in [7, 11) is 0. The number of fused-ring (bicyclic) bond motifs is 1. The third kappa shape index (κ3) is 2.10. The molecule has 0 fully saturated rings. The lowest BCUT2D eigenvalue weighted by Gasteiger charge is -2.03. The van der Waals surface area contributed by atoms with E-state index in [-0.39, 0.29) is 0 Å². The van der Waals surface area contributed by atoms with Crippen LogP contribution in [0.25, 0.3) is 11.0 Å². The molecule has 1 aromatic heterocycles. The molecule has 0 saturated carbocycles. The van der Waals surface area contributed by atoms with Crippen molar-refractivity contribution in [2.45, 2.75) is 0 Å². The second-order valence-corrected chi connectivity index (χ2v) is 4.33. The van der Waals surface area contributed by atoms with Crippen LogP contribution in [-0.2, 0) is 0 Å². The molecule has 2 aromatic carbocycles. The van der Waals surface area contributed by atoms with Gasteiger partial charge in [0.05, 0.1) is 11.0 Å². The maximum Gasteiger partial charge on any atom is 0.206 e. The summed E-state index contributed by atoms with van der Waals surface area (Å²) in [6.45, 7) is 0. The van der Waals surface area contributed by atoms with Gasteiger partial charge >= 0.3 is 0 Å². The van der Waals surface area contributed by atoms with Crippen LogP contribution in [0.2, 0.25) is 0 Å². The van der Waals surface area contributed by atoms with Crippen LogP contribution in [0.4, 0.5) is 5.95 Å². The molecule has 0 aliphatic heterocycles. The number of nitrogens with zero attached hydrogens (tertiary/aromatic N) is 1. The van der Waals surface area contributed by atoms with Crippen LogP contribution in [0.3, 0.4) is 0 Å². The molecular weight excluding hydrogens is 242 g/mol. The van der Waals surface area contributed by atoms with Crippen molar-refractivity contribution in [3.05, 3.63) is 60.2 Å². The number of aromatic amines is 1. The molecule has 0 atom stereocenters. The molecule has 18 heavy (non-hydrogen) atoms. The number of benzene rings is 2. The summed E-state index contributed by atoms with van der Waals surface area (Å²) < 4.78 is 0. The maximum absolute atomic E-state index is 5.34. The average Bonchev–Trinajstić information content (AvgIpc) is 2.82. The van der Waals surface area contributed by atoms with Gasteiger partial charge in [0, 0.05) is 5.56 Å². The third-order valence-electron chi connectivity index (χ3n) is 2.66. The molecule has 2 N–H and O–H groups in total. The second-order valence-electron chi connectivity index (χ2n) is 3.92. The summed E-state index contributed by atoms with van der Waals surface area (Å²) in [5.41, 5.74) is 2.90. The molecule has 0 spiro atoms. The molecule has 0 aliphatic rings. The number of imidazole rings is 1. The summed E-state index contributed by atoms with van der Waals surface area (Å²) in [5.74, 6) is 0.671. The van der Waals surface area contributed by atoms with E-state index in [1.54, 1.807) is 0 Å². The molecule has 3 aromatic rings. The molecule has 0 unspecified atom stereocenters. The van der Waals surface area contributed by atoms with Crippen LogP contribution in [0.5, 0.6) is 0 Å². The van der Waals surface area contributed by atoms with Gasteiger partial charge in [-0.15, -0.1) is 0 Å². The quantitative estimate of drug-likeness (QED) is 0.688. The number of H-pyrrole nitrogens is 1. The molecule has 0 bridgehead atoms. The number of hydrogen-bond acceptors (Lipinski definition) is 2. The number of nitrogens with one attached hydrogen (secondary N) is 2. The van der Waals surface area contributed by atoms with Gasteiger partial charge in [-0.1, -0.05) is 54.7 Å². The molecule has 0 amide bonds. The number of hydrogen-bond donors (Lipinski definition) is 2. The molecule has 1 heterocycles. The number of aromatic nitrogens is 2. The lowest BCUT2D eigenvalue weighted by molar-refractivity contribution is 1.33. The Kier molecular flexibility index (Phi) is 2.78. The fraction of sp³-hybridized carbons (Fsp3) is 0. The van der Waals surface area contributed by atoms with Crippen LogP contribution >= 0.6 is 12.2 Å². The zero-order valence-electron chi connectivity index (χ0n) is 9.55. The number of rotatable bonds is 2. The zero-order chi connectivity index (χ0) is 12.4. The highest BCUT2D eigenvalue weighted by Crippen LogP contribution is 2.14. The van der Waals surface area contributed by atoms with Crippen LogP contribution in [-0.4, -0.2) is 15.0 Å². The van der Waals surface area contributed by atoms with Gasteiger partial charge in [-0.3, -0.25) is 0 Å². The van der Waals surface area contributed by atoms with E-state index in [1.807, 2.05) is 54.6 Å². The lowest BCUT2D eigenvalue weighted by atomic mass is 10.2. The molecule has 0 saturated heterocycles. The van der Waals surface area contributed by atoms with Crippen LogP contribution in [0.15, 0.2) is 54.6 Å². The first-order chi connectivity index (χ1) is 8.83. The van der Waals surface area contributed by atoms with Gasteiger partial charge in [0.15, 0.2) is 0 Å². The van der Waals surface area contributed by atoms with Crippen LogP contribution in [0, 0.1) is 0 Å². The first-order valence-corrected chi connectivity index (χ1v) is 6.05. The minimum absolute atomic E-state index is 0.662. The topological polar surface area (TPSA) is 40.7 Å². The van der Waals surface area contributed by atoms with Gasteiger partial charge < -0.3 is 10.3 Å². The van der Waals surface area contributed by atoms with Gasteiger partial charge in [0.1, 0.15) is 4.99 Å². The largest absolute Gasteiger partial charge is 0.324 e. The van der Waals surface area contributed by atoms with E-state index in [0.29, 0.717) is 10.9 Å². The van der Waals surface area contributed by atoms with E-state index < -0.39 is 0 Å². The van der Waals surface area contributed by atoms with E-state index >= 15 is 0 Å². The Morgan fingerprint density at radius 3 is 2.50 bits per heavy atom. The van der Waals surface area contributed by atoms with Gasteiger partial charge in [-0.05, 0) is 12.1 Å². The second kappa shape index (κ2) is 4.58. The molecule has 88 valence electrons. The Morgan fingerprint density at radius 1 is 1.00 bits per heavy atom. The van der Waals surface area contributed by atoms with E-state index in [9.17, 15) is 0 Å². The van der Waals surface area contributed by atoms with Gasteiger partial charge in [0.25, 0.3) is 0 Å². The van der Waals surface area contributed by atoms with E-state index in [0.717, 1.165) is 16.6 Å². The van der Waals surface area contributed by atoms with Gasteiger partial charge in [0.2, 0.25) is 5.95 Å². The number of anilines is 1. The average molecular weight is 253 g/mol. The van der Waals surface area contributed by atoms with Crippen molar-refractivity contribution >= 4 is 34.2 Å². The fourth-order valence-corrected chi connectivity index (χ4v) is 2.01. The summed E-state index contributed by atoms with van der Waals surface area (Å²) in [6, 6.07) is 17.7. The maximum atomic E-state index is 5.34. The summed E-state index contributed by atoms with van der Waals surface area (Å²) in [6.07, 6.45) is 0. The van der Waals surface area contributed by atoms with Crippen molar-refractivity contribution in [3.63, 3.8) is 0 Å². The third-order valence-corrected chi connectivity index (χ3v) is 3.00. The monoisotopic (exact) mass is 253 g/mol. The van der Waals surface area contributed by atoms with Crippen LogP contribution in [0.1, 0.15) is 5.56 Å². The smallest absolute Gasteiger partial charge is 0.206 e. The lowest BCUT2D eigenvalue weighted by Crippen LogP contribution is -2.11. The van der Waals surface area contributed by atoms with Crippen molar-refractivity contribution in [2.24, 2.45) is 0 Å². The summed E-state index contributed by atoms with van der Waals surface area (Å²) >= 11 is 5.34. The van der Waals surface area contributed by atoms with Crippen molar-refractivity contribution in [1.29, 1.82) is 0 Å². The first kappa shape index (κ1) is 10.9. The van der Waals surface area contributed by atoms with Crippen molar-refractivity contribution in [2.75, 3.05) is 5.32 Å². The highest BCUT2D eigenvalue weighted by molar-refractivity contribution is 7.81.